The topological polar surface area (TPSA) is 79.6 Å². The van der Waals surface area contributed by atoms with Crippen LogP contribution >= 0.6 is 23.2 Å². The number of hydrogen-bond donors (Lipinski definition) is 1. The first kappa shape index (κ1) is 26.2. The Morgan fingerprint density at radius 3 is 2.64 bits per heavy atom. The van der Waals surface area contributed by atoms with Crippen molar-refractivity contribution in [2.45, 2.75) is 38.6 Å². The molecule has 1 N–H and O–H groups in total. The molecule has 0 aliphatic carbocycles. The third kappa shape index (κ3) is 5.73. The van der Waals surface area contributed by atoms with Crippen LogP contribution in [0.15, 0.2) is 30.5 Å². The lowest BCUT2D eigenvalue weighted by atomic mass is 10.0. The number of hydrogen-bond acceptors (Lipinski definition) is 7. The van der Waals surface area contributed by atoms with E-state index in [0.717, 1.165) is 13.0 Å². The molecule has 190 valence electrons. The lowest BCUT2D eigenvalue weighted by Gasteiger charge is -2.32. The first-order valence-electron chi connectivity index (χ1n) is 12.1. The number of methoxy groups -OCH3 is 1. The Balaban J connectivity index is 1.67. The maximum atomic E-state index is 9.79. The van der Waals surface area contributed by atoms with E-state index in [4.69, 9.17) is 37.4 Å². The SMILES string of the molecule is CCOc1cc2c(Nc3cc(OC)c(Cl)cc3Cl)c(C#N)cnc2cc1OCCC1CCCCN1C. The molecular weight excluding hydrogens is 499 g/mol. The summed E-state index contributed by atoms with van der Waals surface area (Å²) in [6.45, 7) is 4.12. The normalized spacial score (nSPS) is 15.9. The van der Waals surface area contributed by atoms with Crippen LogP contribution in [-0.4, -0.2) is 49.8 Å². The van der Waals surface area contributed by atoms with E-state index in [1.54, 1.807) is 12.1 Å². The summed E-state index contributed by atoms with van der Waals surface area (Å²) in [7, 11) is 3.71. The second-order valence-corrected chi connectivity index (χ2v) is 9.58. The van der Waals surface area contributed by atoms with Crippen LogP contribution < -0.4 is 19.5 Å². The van der Waals surface area contributed by atoms with Gasteiger partial charge in [0.2, 0.25) is 0 Å². The minimum absolute atomic E-state index is 0.365. The van der Waals surface area contributed by atoms with Gasteiger partial charge in [-0.05, 0) is 51.9 Å². The second-order valence-electron chi connectivity index (χ2n) is 8.77. The highest BCUT2D eigenvalue weighted by molar-refractivity contribution is 6.37. The summed E-state index contributed by atoms with van der Waals surface area (Å²) in [6.07, 6.45) is 6.20. The van der Waals surface area contributed by atoms with Gasteiger partial charge in [-0.1, -0.05) is 29.6 Å². The number of nitriles is 1. The molecule has 3 aromatic rings. The van der Waals surface area contributed by atoms with Crippen molar-refractivity contribution in [3.63, 3.8) is 0 Å². The summed E-state index contributed by atoms with van der Waals surface area (Å²) in [5, 5.41) is 14.6. The standard InChI is InChI=1S/C27H30Cl2N4O3/c1-4-35-25-11-19-22(13-26(25)36-10-8-18-7-5-6-9-33(18)2)31-16-17(15-30)27(19)32-23-14-24(34-3)21(29)12-20(23)28/h11-14,16,18H,4-10H2,1-3H3,(H,31,32). The zero-order chi connectivity index (χ0) is 25.7. The Bertz CT molecular complexity index is 1280. The molecule has 0 saturated carbocycles. The Hall–Kier alpha value is -2.92. The molecule has 1 aliphatic heterocycles. The van der Waals surface area contributed by atoms with Crippen LogP contribution in [0.3, 0.4) is 0 Å². The van der Waals surface area contributed by atoms with E-state index >= 15 is 0 Å². The number of likely N-dealkylation sites (tertiary alicyclic amines) is 1. The van der Waals surface area contributed by atoms with Crippen LogP contribution in [0.4, 0.5) is 11.4 Å². The zero-order valence-electron chi connectivity index (χ0n) is 20.7. The summed E-state index contributed by atoms with van der Waals surface area (Å²) in [6, 6.07) is 9.75. The molecule has 9 heteroatoms. The summed E-state index contributed by atoms with van der Waals surface area (Å²) < 4.78 is 17.5. The third-order valence-electron chi connectivity index (χ3n) is 6.49. The van der Waals surface area contributed by atoms with Gasteiger partial charge >= 0.3 is 0 Å². The number of fused-ring (bicyclic) bond motifs is 1. The first-order valence-corrected chi connectivity index (χ1v) is 12.8. The van der Waals surface area contributed by atoms with E-state index in [9.17, 15) is 5.26 Å². The van der Waals surface area contributed by atoms with Gasteiger partial charge in [-0.2, -0.15) is 5.26 Å². The molecule has 1 saturated heterocycles. The summed E-state index contributed by atoms with van der Waals surface area (Å²) in [5.74, 6) is 1.70. The number of piperidine rings is 1. The minimum Gasteiger partial charge on any atom is -0.495 e. The molecule has 0 amide bonds. The van der Waals surface area contributed by atoms with E-state index < -0.39 is 0 Å². The van der Waals surface area contributed by atoms with E-state index in [-0.39, 0.29) is 0 Å². The van der Waals surface area contributed by atoms with Crippen LogP contribution in [0, 0.1) is 11.3 Å². The highest BCUT2D eigenvalue weighted by Crippen LogP contribution is 2.40. The van der Waals surface area contributed by atoms with E-state index in [2.05, 4.69) is 28.3 Å². The Labute approximate surface area is 221 Å². The van der Waals surface area contributed by atoms with Crippen LogP contribution in [0.2, 0.25) is 10.0 Å². The minimum atomic E-state index is 0.365. The van der Waals surface area contributed by atoms with Gasteiger partial charge in [-0.3, -0.25) is 4.98 Å². The van der Waals surface area contributed by atoms with Crippen molar-refractivity contribution >= 4 is 45.5 Å². The number of halogens is 2. The van der Waals surface area contributed by atoms with Crippen LogP contribution in [0.1, 0.15) is 38.2 Å². The first-order chi connectivity index (χ1) is 17.4. The van der Waals surface area contributed by atoms with Crippen molar-refractivity contribution in [2.75, 3.05) is 39.2 Å². The zero-order valence-corrected chi connectivity index (χ0v) is 22.2. The van der Waals surface area contributed by atoms with Gasteiger partial charge in [-0.15, -0.1) is 0 Å². The molecule has 0 spiro atoms. The molecule has 0 radical (unpaired) electrons. The predicted molar refractivity (Wildman–Crippen MR) is 144 cm³/mol. The number of ether oxygens (including phenoxy) is 3. The van der Waals surface area contributed by atoms with E-state index in [0.29, 0.717) is 74.4 Å². The van der Waals surface area contributed by atoms with Crippen molar-refractivity contribution in [3.05, 3.63) is 46.1 Å². The molecule has 1 aromatic heterocycles. The third-order valence-corrected chi connectivity index (χ3v) is 7.09. The lowest BCUT2D eigenvalue weighted by molar-refractivity contribution is 0.151. The molecule has 2 heterocycles. The van der Waals surface area contributed by atoms with Crippen molar-refractivity contribution < 1.29 is 14.2 Å². The van der Waals surface area contributed by atoms with Gasteiger partial charge in [0.25, 0.3) is 0 Å². The Morgan fingerprint density at radius 2 is 1.92 bits per heavy atom. The van der Waals surface area contributed by atoms with Crippen molar-refractivity contribution in [3.8, 4) is 23.3 Å². The van der Waals surface area contributed by atoms with Crippen molar-refractivity contribution in [1.82, 2.24) is 9.88 Å². The number of benzene rings is 2. The fourth-order valence-corrected chi connectivity index (χ4v) is 5.04. The summed E-state index contributed by atoms with van der Waals surface area (Å²) in [5.41, 5.74) is 2.15. The van der Waals surface area contributed by atoms with Gasteiger partial charge in [0.15, 0.2) is 11.5 Å². The van der Waals surface area contributed by atoms with Crippen LogP contribution in [0.25, 0.3) is 10.9 Å². The smallest absolute Gasteiger partial charge is 0.163 e. The van der Waals surface area contributed by atoms with Crippen molar-refractivity contribution in [1.29, 1.82) is 5.26 Å². The number of nitrogens with one attached hydrogen (secondary N) is 1. The quantitative estimate of drug-likeness (QED) is 0.326. The van der Waals surface area contributed by atoms with Gasteiger partial charge in [0, 0.05) is 29.8 Å². The van der Waals surface area contributed by atoms with Crippen molar-refractivity contribution in [2.24, 2.45) is 0 Å². The molecule has 1 unspecified atom stereocenters. The lowest BCUT2D eigenvalue weighted by Crippen LogP contribution is -2.37. The Kier molecular flexibility index (Phi) is 8.63. The summed E-state index contributed by atoms with van der Waals surface area (Å²) in [4.78, 5) is 6.92. The number of pyridine rings is 1. The second kappa shape index (κ2) is 11.9. The number of anilines is 2. The summed E-state index contributed by atoms with van der Waals surface area (Å²) >= 11 is 12.6. The number of aromatic nitrogens is 1. The maximum absolute atomic E-state index is 9.79. The molecule has 7 nitrogen and oxygen atoms in total. The number of rotatable bonds is 9. The van der Waals surface area contributed by atoms with Crippen LogP contribution in [-0.2, 0) is 0 Å². The average molecular weight is 529 g/mol. The fourth-order valence-electron chi connectivity index (χ4n) is 4.53. The fraction of sp³-hybridized carbons (Fsp3) is 0.407. The van der Waals surface area contributed by atoms with Gasteiger partial charge in [0.1, 0.15) is 11.8 Å². The van der Waals surface area contributed by atoms with Gasteiger partial charge in [-0.25, -0.2) is 0 Å². The van der Waals surface area contributed by atoms with E-state index in [1.807, 2.05) is 19.1 Å². The molecule has 2 aromatic carbocycles. The predicted octanol–water partition coefficient (Wildman–Crippen LogP) is 6.82. The molecular formula is C27H30Cl2N4O3. The maximum Gasteiger partial charge on any atom is 0.163 e. The molecule has 1 fully saturated rings. The average Bonchev–Trinajstić information content (AvgIpc) is 2.87. The molecule has 1 atom stereocenters. The largest absolute Gasteiger partial charge is 0.495 e. The van der Waals surface area contributed by atoms with Crippen LogP contribution in [0.5, 0.6) is 17.2 Å². The monoisotopic (exact) mass is 528 g/mol. The molecule has 4 rings (SSSR count). The van der Waals surface area contributed by atoms with Gasteiger partial charge < -0.3 is 24.4 Å². The van der Waals surface area contributed by atoms with Gasteiger partial charge in [0.05, 0.1) is 52.8 Å². The highest BCUT2D eigenvalue weighted by atomic mass is 35.5. The van der Waals surface area contributed by atoms with E-state index in [1.165, 1.54) is 32.6 Å². The molecule has 36 heavy (non-hydrogen) atoms. The number of nitrogens with zero attached hydrogens (tertiary/aromatic N) is 3. The highest BCUT2D eigenvalue weighted by Gasteiger charge is 2.20. The molecule has 1 aliphatic rings. The molecule has 0 bridgehead atoms. The Morgan fingerprint density at radius 1 is 1.11 bits per heavy atom.